The van der Waals surface area contributed by atoms with Crippen molar-refractivity contribution in [3.8, 4) is 22.6 Å². The van der Waals surface area contributed by atoms with Crippen LogP contribution < -0.4 is 0 Å². The molecule has 0 saturated heterocycles. The summed E-state index contributed by atoms with van der Waals surface area (Å²) in [5.41, 5.74) is 4.36. The first-order valence-corrected chi connectivity index (χ1v) is 9.37. The maximum Gasteiger partial charge on any atom is 0.123 e. The van der Waals surface area contributed by atoms with E-state index in [1.54, 1.807) is 12.1 Å². The van der Waals surface area contributed by atoms with Gasteiger partial charge in [-0.15, -0.1) is 0 Å². The molecular weight excluding hydrogens is 320 g/mol. The van der Waals surface area contributed by atoms with Crippen molar-refractivity contribution in [2.75, 3.05) is 0 Å². The van der Waals surface area contributed by atoms with Crippen LogP contribution in [0, 0.1) is 0 Å². The van der Waals surface area contributed by atoms with Gasteiger partial charge in [-0.1, -0.05) is 67.8 Å². The number of phenols is 2. The Bertz CT molecular complexity index is 876. The Hall–Kier alpha value is -2.74. The Morgan fingerprint density at radius 1 is 0.654 bits per heavy atom. The van der Waals surface area contributed by atoms with Gasteiger partial charge < -0.3 is 10.2 Å². The van der Waals surface area contributed by atoms with Gasteiger partial charge in [-0.3, -0.25) is 0 Å². The van der Waals surface area contributed by atoms with Gasteiger partial charge in [-0.05, 0) is 53.8 Å². The number of hydrogen-bond acceptors (Lipinski definition) is 2. The number of rotatable bonds is 3. The monoisotopic (exact) mass is 344 g/mol. The first-order chi connectivity index (χ1) is 12.7. The number of phenolic OH excluding ortho intramolecular Hbond substituents is 2. The molecule has 1 aliphatic rings. The normalized spacial score (nSPS) is 16.3. The van der Waals surface area contributed by atoms with Crippen molar-refractivity contribution in [1.82, 2.24) is 0 Å². The zero-order valence-electron chi connectivity index (χ0n) is 14.9. The summed E-state index contributed by atoms with van der Waals surface area (Å²) in [4.78, 5) is 0. The summed E-state index contributed by atoms with van der Waals surface area (Å²) in [5.74, 6) is 0.618. The Morgan fingerprint density at radius 3 is 2.00 bits per heavy atom. The van der Waals surface area contributed by atoms with Crippen LogP contribution in [0.5, 0.6) is 11.5 Å². The maximum absolute atomic E-state index is 10.4. The molecule has 2 heteroatoms. The van der Waals surface area contributed by atoms with E-state index in [0.717, 1.165) is 24.0 Å². The van der Waals surface area contributed by atoms with Gasteiger partial charge in [0.05, 0.1) is 0 Å². The molecule has 1 aliphatic carbocycles. The Kier molecular flexibility index (Phi) is 4.42. The second kappa shape index (κ2) is 6.87. The highest BCUT2D eigenvalue weighted by atomic mass is 16.3. The van der Waals surface area contributed by atoms with Crippen LogP contribution in [0.2, 0.25) is 0 Å². The quantitative estimate of drug-likeness (QED) is 0.610. The lowest BCUT2D eigenvalue weighted by molar-refractivity contribution is 0.345. The van der Waals surface area contributed by atoms with E-state index in [4.69, 9.17) is 0 Å². The van der Waals surface area contributed by atoms with Crippen molar-refractivity contribution in [2.24, 2.45) is 0 Å². The molecular formula is C24H24O2. The maximum atomic E-state index is 10.4. The van der Waals surface area contributed by atoms with E-state index in [9.17, 15) is 10.2 Å². The number of aromatic hydroxyl groups is 2. The second-order valence-corrected chi connectivity index (χ2v) is 7.29. The molecule has 0 atom stereocenters. The summed E-state index contributed by atoms with van der Waals surface area (Å²) in [6.45, 7) is 0. The highest BCUT2D eigenvalue weighted by molar-refractivity contribution is 5.71. The minimum absolute atomic E-state index is 0.0524. The van der Waals surface area contributed by atoms with Crippen molar-refractivity contribution < 1.29 is 10.2 Å². The average Bonchev–Trinajstić information content (AvgIpc) is 2.70. The average molecular weight is 344 g/mol. The fourth-order valence-corrected chi connectivity index (χ4v) is 4.36. The molecule has 132 valence electrons. The zero-order chi connectivity index (χ0) is 18.0. The molecule has 0 amide bonds. The third-order valence-corrected chi connectivity index (χ3v) is 5.76. The zero-order valence-corrected chi connectivity index (χ0v) is 14.9. The molecule has 0 bridgehead atoms. The summed E-state index contributed by atoms with van der Waals surface area (Å²) >= 11 is 0. The standard InChI is InChI=1S/C24H24O2/c25-21-12-9-19(10-13-21)24(15-5-2-6-16-24)20-11-14-23(26)22(17-20)18-7-3-1-4-8-18/h1,3-4,7-14,17,25-26H,2,5-6,15-16H2. The van der Waals surface area contributed by atoms with Gasteiger partial charge in [-0.25, -0.2) is 0 Å². The molecule has 0 radical (unpaired) electrons. The minimum Gasteiger partial charge on any atom is -0.508 e. The molecule has 26 heavy (non-hydrogen) atoms. The predicted octanol–water partition coefficient (Wildman–Crippen LogP) is 6.02. The summed E-state index contributed by atoms with van der Waals surface area (Å²) in [5, 5.41) is 20.2. The fourth-order valence-electron chi connectivity index (χ4n) is 4.36. The summed E-state index contributed by atoms with van der Waals surface area (Å²) < 4.78 is 0. The predicted molar refractivity (Wildman–Crippen MR) is 106 cm³/mol. The third-order valence-electron chi connectivity index (χ3n) is 5.76. The van der Waals surface area contributed by atoms with Crippen molar-refractivity contribution in [3.05, 3.63) is 83.9 Å². The summed E-state index contributed by atoms with van der Waals surface area (Å²) in [6.07, 6.45) is 5.85. The van der Waals surface area contributed by atoms with Gasteiger partial charge in [0.2, 0.25) is 0 Å². The highest BCUT2D eigenvalue weighted by Gasteiger charge is 2.36. The van der Waals surface area contributed by atoms with Crippen LogP contribution >= 0.6 is 0 Å². The summed E-state index contributed by atoms with van der Waals surface area (Å²) in [7, 11) is 0. The van der Waals surface area contributed by atoms with Crippen molar-refractivity contribution in [1.29, 1.82) is 0 Å². The first kappa shape index (κ1) is 16.7. The molecule has 0 spiro atoms. The van der Waals surface area contributed by atoms with Gasteiger partial charge >= 0.3 is 0 Å². The van der Waals surface area contributed by atoms with Crippen LogP contribution in [0.3, 0.4) is 0 Å². The molecule has 1 saturated carbocycles. The largest absolute Gasteiger partial charge is 0.508 e. The third kappa shape index (κ3) is 2.96. The fraction of sp³-hybridized carbons (Fsp3) is 0.250. The van der Waals surface area contributed by atoms with Gasteiger partial charge in [-0.2, -0.15) is 0 Å². The molecule has 0 unspecified atom stereocenters. The van der Waals surface area contributed by atoms with Crippen LogP contribution in [0.1, 0.15) is 43.2 Å². The smallest absolute Gasteiger partial charge is 0.123 e. The lowest BCUT2D eigenvalue weighted by Gasteiger charge is -2.39. The van der Waals surface area contributed by atoms with Gasteiger partial charge in [0.15, 0.2) is 0 Å². The summed E-state index contributed by atoms with van der Waals surface area (Å²) in [6, 6.07) is 23.8. The highest BCUT2D eigenvalue weighted by Crippen LogP contribution is 2.47. The van der Waals surface area contributed by atoms with E-state index < -0.39 is 0 Å². The van der Waals surface area contributed by atoms with Crippen LogP contribution in [0.15, 0.2) is 72.8 Å². The van der Waals surface area contributed by atoms with E-state index in [1.165, 1.54) is 30.4 Å². The Labute approximate surface area is 154 Å². The van der Waals surface area contributed by atoms with E-state index in [1.807, 2.05) is 36.4 Å². The van der Waals surface area contributed by atoms with E-state index in [-0.39, 0.29) is 5.41 Å². The Balaban J connectivity index is 1.86. The van der Waals surface area contributed by atoms with Gasteiger partial charge in [0, 0.05) is 11.0 Å². The molecule has 1 fully saturated rings. The minimum atomic E-state index is -0.0524. The van der Waals surface area contributed by atoms with Crippen LogP contribution in [0.25, 0.3) is 11.1 Å². The van der Waals surface area contributed by atoms with E-state index in [0.29, 0.717) is 11.5 Å². The van der Waals surface area contributed by atoms with E-state index >= 15 is 0 Å². The van der Waals surface area contributed by atoms with Gasteiger partial charge in [0.25, 0.3) is 0 Å². The van der Waals surface area contributed by atoms with Gasteiger partial charge in [0.1, 0.15) is 11.5 Å². The van der Waals surface area contributed by atoms with Crippen molar-refractivity contribution in [3.63, 3.8) is 0 Å². The number of hydrogen-bond donors (Lipinski definition) is 2. The molecule has 4 rings (SSSR count). The molecule has 3 aromatic carbocycles. The lowest BCUT2D eigenvalue weighted by Crippen LogP contribution is -2.30. The SMILES string of the molecule is Oc1ccc(C2(c3ccc(O)c(-c4ccccc4)c3)CCCCC2)cc1. The van der Waals surface area contributed by atoms with E-state index in [2.05, 4.69) is 24.3 Å². The second-order valence-electron chi connectivity index (χ2n) is 7.29. The molecule has 2 N–H and O–H groups in total. The van der Waals surface area contributed by atoms with Crippen LogP contribution in [0.4, 0.5) is 0 Å². The molecule has 0 heterocycles. The van der Waals surface area contributed by atoms with Crippen molar-refractivity contribution in [2.45, 2.75) is 37.5 Å². The molecule has 2 nitrogen and oxygen atoms in total. The molecule has 3 aromatic rings. The molecule has 0 aliphatic heterocycles. The molecule has 0 aromatic heterocycles. The Morgan fingerprint density at radius 2 is 1.31 bits per heavy atom. The topological polar surface area (TPSA) is 40.5 Å². The van der Waals surface area contributed by atoms with Crippen LogP contribution in [-0.2, 0) is 5.41 Å². The first-order valence-electron chi connectivity index (χ1n) is 9.37. The lowest BCUT2D eigenvalue weighted by atomic mass is 9.65. The van der Waals surface area contributed by atoms with Crippen molar-refractivity contribution >= 4 is 0 Å². The van der Waals surface area contributed by atoms with Crippen LogP contribution in [-0.4, -0.2) is 10.2 Å². The number of benzene rings is 3.